The minimum absolute atomic E-state index is 0.201. The van der Waals surface area contributed by atoms with Crippen LogP contribution >= 0.6 is 11.6 Å². The van der Waals surface area contributed by atoms with E-state index in [1.165, 1.54) is 6.07 Å². The fourth-order valence-electron chi connectivity index (χ4n) is 1.64. The third-order valence-electron chi connectivity index (χ3n) is 2.71. The van der Waals surface area contributed by atoms with Crippen molar-refractivity contribution in [2.45, 2.75) is 32.2 Å². The molecule has 15 heavy (non-hydrogen) atoms. The van der Waals surface area contributed by atoms with Gasteiger partial charge < -0.3 is 5.32 Å². The molecule has 0 spiro atoms. The maximum absolute atomic E-state index is 13.4. The zero-order valence-electron chi connectivity index (χ0n) is 9.19. The lowest BCUT2D eigenvalue weighted by atomic mass is 10.0. The second-order valence-electron chi connectivity index (χ2n) is 3.63. The summed E-state index contributed by atoms with van der Waals surface area (Å²) in [6.45, 7) is 2.12. The van der Waals surface area contributed by atoms with Crippen LogP contribution in [0.3, 0.4) is 0 Å². The second-order valence-corrected chi connectivity index (χ2v) is 4.04. The van der Waals surface area contributed by atoms with E-state index in [0.29, 0.717) is 23.0 Å². The SMILES string of the molecule is CCC(CCc1c(F)cccc1Cl)NC. The molecule has 0 fully saturated rings. The summed E-state index contributed by atoms with van der Waals surface area (Å²) in [6.07, 6.45) is 2.64. The van der Waals surface area contributed by atoms with Gasteiger partial charge in [-0.15, -0.1) is 0 Å². The molecule has 0 heterocycles. The van der Waals surface area contributed by atoms with Gasteiger partial charge in [0.15, 0.2) is 0 Å². The van der Waals surface area contributed by atoms with Crippen LogP contribution in [-0.2, 0) is 6.42 Å². The highest BCUT2D eigenvalue weighted by molar-refractivity contribution is 6.31. The van der Waals surface area contributed by atoms with Gasteiger partial charge in [0.25, 0.3) is 0 Å². The van der Waals surface area contributed by atoms with Crippen molar-refractivity contribution in [3.63, 3.8) is 0 Å². The molecule has 0 aliphatic rings. The lowest BCUT2D eigenvalue weighted by Gasteiger charge is -2.14. The second kappa shape index (κ2) is 6.09. The number of hydrogen-bond acceptors (Lipinski definition) is 1. The standard InChI is InChI=1S/C12H17ClFN/c1-3-9(15-2)7-8-10-11(13)5-4-6-12(10)14/h4-6,9,15H,3,7-8H2,1-2H3. The number of rotatable bonds is 5. The van der Waals surface area contributed by atoms with Crippen LogP contribution in [0.25, 0.3) is 0 Å². The van der Waals surface area contributed by atoms with Crippen molar-refractivity contribution in [3.05, 3.63) is 34.6 Å². The Morgan fingerprint density at radius 1 is 1.47 bits per heavy atom. The molecule has 3 heteroatoms. The predicted molar refractivity (Wildman–Crippen MR) is 62.9 cm³/mol. The van der Waals surface area contributed by atoms with E-state index in [2.05, 4.69) is 12.2 Å². The third-order valence-corrected chi connectivity index (χ3v) is 3.06. The summed E-state index contributed by atoms with van der Waals surface area (Å²) in [5, 5.41) is 3.72. The Hall–Kier alpha value is -0.600. The van der Waals surface area contributed by atoms with Crippen molar-refractivity contribution in [2.75, 3.05) is 7.05 Å². The van der Waals surface area contributed by atoms with Gasteiger partial charge >= 0.3 is 0 Å². The van der Waals surface area contributed by atoms with Gasteiger partial charge in [-0.1, -0.05) is 24.6 Å². The molecule has 0 bridgehead atoms. The molecule has 0 amide bonds. The first-order valence-electron chi connectivity index (χ1n) is 5.29. The molecule has 0 saturated carbocycles. The van der Waals surface area contributed by atoms with Crippen molar-refractivity contribution in [2.24, 2.45) is 0 Å². The molecule has 0 radical (unpaired) electrons. The van der Waals surface area contributed by atoms with Gasteiger partial charge in [0.05, 0.1) is 0 Å². The number of benzene rings is 1. The average molecular weight is 230 g/mol. The van der Waals surface area contributed by atoms with E-state index < -0.39 is 0 Å². The topological polar surface area (TPSA) is 12.0 Å². The predicted octanol–water partition coefficient (Wildman–Crippen LogP) is 3.41. The lowest BCUT2D eigenvalue weighted by Crippen LogP contribution is -2.24. The summed E-state index contributed by atoms with van der Waals surface area (Å²) in [6, 6.07) is 5.26. The maximum Gasteiger partial charge on any atom is 0.127 e. The van der Waals surface area contributed by atoms with E-state index in [-0.39, 0.29) is 5.82 Å². The van der Waals surface area contributed by atoms with Gasteiger partial charge in [-0.05, 0) is 38.4 Å². The molecule has 1 N–H and O–H groups in total. The Morgan fingerprint density at radius 3 is 2.73 bits per heavy atom. The molecule has 0 aromatic heterocycles. The molecule has 84 valence electrons. The Balaban J connectivity index is 2.64. The molecule has 1 aromatic rings. The van der Waals surface area contributed by atoms with Gasteiger partial charge in [0.2, 0.25) is 0 Å². The summed E-state index contributed by atoms with van der Waals surface area (Å²) in [7, 11) is 1.93. The highest BCUT2D eigenvalue weighted by Crippen LogP contribution is 2.21. The summed E-state index contributed by atoms with van der Waals surface area (Å²) in [4.78, 5) is 0. The van der Waals surface area contributed by atoms with Gasteiger partial charge in [0, 0.05) is 16.6 Å². The largest absolute Gasteiger partial charge is 0.317 e. The first kappa shape index (κ1) is 12.5. The quantitative estimate of drug-likeness (QED) is 0.816. The average Bonchev–Trinajstić information content (AvgIpc) is 2.23. The summed E-state index contributed by atoms with van der Waals surface area (Å²) >= 11 is 5.94. The Kier molecular flexibility index (Phi) is 5.06. The van der Waals surface area contributed by atoms with Crippen molar-refractivity contribution in [1.82, 2.24) is 5.32 Å². The van der Waals surface area contributed by atoms with Gasteiger partial charge in [-0.25, -0.2) is 4.39 Å². The molecule has 0 saturated heterocycles. The Bertz CT molecular complexity index is 290. The minimum Gasteiger partial charge on any atom is -0.317 e. The van der Waals surface area contributed by atoms with E-state index in [1.807, 2.05) is 7.05 Å². The molecule has 1 aromatic carbocycles. The van der Waals surface area contributed by atoms with E-state index in [0.717, 1.165) is 12.8 Å². The zero-order chi connectivity index (χ0) is 11.3. The number of nitrogens with one attached hydrogen (secondary N) is 1. The number of hydrogen-bond donors (Lipinski definition) is 1. The zero-order valence-corrected chi connectivity index (χ0v) is 9.94. The molecular formula is C12H17ClFN. The fraction of sp³-hybridized carbons (Fsp3) is 0.500. The van der Waals surface area contributed by atoms with Crippen LogP contribution in [0.5, 0.6) is 0 Å². The first-order chi connectivity index (χ1) is 7.19. The Labute approximate surface area is 95.6 Å². The monoisotopic (exact) mass is 229 g/mol. The van der Waals surface area contributed by atoms with Crippen LogP contribution in [-0.4, -0.2) is 13.1 Å². The lowest BCUT2D eigenvalue weighted by molar-refractivity contribution is 0.501. The van der Waals surface area contributed by atoms with E-state index in [1.54, 1.807) is 12.1 Å². The molecule has 1 nitrogen and oxygen atoms in total. The van der Waals surface area contributed by atoms with Crippen LogP contribution in [0.1, 0.15) is 25.3 Å². The Morgan fingerprint density at radius 2 is 2.20 bits per heavy atom. The van der Waals surface area contributed by atoms with Crippen LogP contribution in [0.2, 0.25) is 5.02 Å². The van der Waals surface area contributed by atoms with Crippen molar-refractivity contribution < 1.29 is 4.39 Å². The van der Waals surface area contributed by atoms with Gasteiger partial charge in [0.1, 0.15) is 5.82 Å². The van der Waals surface area contributed by atoms with Crippen molar-refractivity contribution in [3.8, 4) is 0 Å². The van der Waals surface area contributed by atoms with Crippen LogP contribution in [0, 0.1) is 5.82 Å². The van der Waals surface area contributed by atoms with Crippen LogP contribution < -0.4 is 5.32 Å². The first-order valence-corrected chi connectivity index (χ1v) is 5.67. The van der Waals surface area contributed by atoms with Crippen LogP contribution in [0.15, 0.2) is 18.2 Å². The van der Waals surface area contributed by atoms with Gasteiger partial charge in [-0.3, -0.25) is 0 Å². The normalized spacial score (nSPS) is 12.8. The van der Waals surface area contributed by atoms with E-state index in [4.69, 9.17) is 11.6 Å². The van der Waals surface area contributed by atoms with Crippen molar-refractivity contribution in [1.29, 1.82) is 0 Å². The van der Waals surface area contributed by atoms with Gasteiger partial charge in [-0.2, -0.15) is 0 Å². The maximum atomic E-state index is 13.4. The molecule has 0 aliphatic heterocycles. The number of halogens is 2. The molecule has 0 aliphatic carbocycles. The van der Waals surface area contributed by atoms with Crippen LogP contribution in [0.4, 0.5) is 4.39 Å². The smallest absolute Gasteiger partial charge is 0.127 e. The highest BCUT2D eigenvalue weighted by Gasteiger charge is 2.09. The molecular weight excluding hydrogens is 213 g/mol. The summed E-state index contributed by atoms with van der Waals surface area (Å²) in [5.41, 5.74) is 0.632. The summed E-state index contributed by atoms with van der Waals surface area (Å²) < 4.78 is 13.4. The summed E-state index contributed by atoms with van der Waals surface area (Å²) in [5.74, 6) is -0.201. The molecule has 1 atom stereocenters. The molecule has 1 unspecified atom stereocenters. The van der Waals surface area contributed by atoms with E-state index in [9.17, 15) is 4.39 Å². The van der Waals surface area contributed by atoms with E-state index >= 15 is 0 Å². The van der Waals surface area contributed by atoms with Crippen molar-refractivity contribution >= 4 is 11.6 Å². The molecule has 1 rings (SSSR count). The fourth-order valence-corrected chi connectivity index (χ4v) is 1.90. The highest BCUT2D eigenvalue weighted by atomic mass is 35.5. The third kappa shape index (κ3) is 3.47. The minimum atomic E-state index is -0.201.